The lowest BCUT2D eigenvalue weighted by molar-refractivity contribution is 0.196. The number of nitrogens with two attached hydrogens (primary N) is 1. The lowest BCUT2D eigenvalue weighted by Gasteiger charge is -2.26. The highest BCUT2D eigenvalue weighted by Gasteiger charge is 2.19. The predicted octanol–water partition coefficient (Wildman–Crippen LogP) is 3.00. The summed E-state index contributed by atoms with van der Waals surface area (Å²) in [6.45, 7) is 5.70. The van der Waals surface area contributed by atoms with Gasteiger partial charge in [-0.05, 0) is 43.5 Å². The second-order valence-electron chi connectivity index (χ2n) is 8.15. The smallest absolute Gasteiger partial charge is 0.330 e. The predicted molar refractivity (Wildman–Crippen MR) is 131 cm³/mol. The third-order valence-corrected chi connectivity index (χ3v) is 5.13. The van der Waals surface area contributed by atoms with Crippen molar-refractivity contribution in [2.45, 2.75) is 39.5 Å². The highest BCUT2D eigenvalue weighted by atomic mass is 16.5. The van der Waals surface area contributed by atoms with Gasteiger partial charge in [-0.2, -0.15) is 0 Å². The van der Waals surface area contributed by atoms with Gasteiger partial charge in [0.05, 0.1) is 12.6 Å². The summed E-state index contributed by atoms with van der Waals surface area (Å²) < 4.78 is 12.4. The highest BCUT2D eigenvalue weighted by molar-refractivity contribution is 5.63. The topological polar surface area (TPSA) is 103 Å². The van der Waals surface area contributed by atoms with Crippen LogP contribution in [0.1, 0.15) is 31.4 Å². The van der Waals surface area contributed by atoms with Crippen LogP contribution >= 0.6 is 0 Å². The van der Waals surface area contributed by atoms with Crippen LogP contribution in [0.3, 0.4) is 0 Å². The molecule has 8 heteroatoms. The Kier molecular flexibility index (Phi) is 8.32. The van der Waals surface area contributed by atoms with Crippen LogP contribution in [0.25, 0.3) is 0 Å². The first kappa shape index (κ1) is 24.1. The first-order chi connectivity index (χ1) is 15.9. The average molecular weight is 453 g/mol. The van der Waals surface area contributed by atoms with Crippen molar-refractivity contribution in [1.29, 1.82) is 0 Å². The fourth-order valence-corrected chi connectivity index (χ4v) is 3.69. The van der Waals surface area contributed by atoms with Crippen LogP contribution in [0.15, 0.2) is 64.2 Å². The first-order valence-electron chi connectivity index (χ1n) is 11.0. The Morgan fingerprint density at radius 1 is 1.06 bits per heavy atom. The maximum absolute atomic E-state index is 12.9. The Labute approximate surface area is 193 Å². The zero-order valence-electron chi connectivity index (χ0n) is 19.4. The summed E-state index contributed by atoms with van der Waals surface area (Å²) in [6.07, 6.45) is 0.744. The molecule has 0 aliphatic heterocycles. The number of hydrogen-bond acceptors (Lipinski definition) is 6. The number of anilines is 2. The average Bonchev–Trinajstić information content (AvgIpc) is 2.77. The molecular weight excluding hydrogens is 420 g/mol. The second kappa shape index (κ2) is 11.4. The van der Waals surface area contributed by atoms with Crippen LogP contribution in [-0.2, 0) is 17.8 Å². The molecule has 1 heterocycles. The zero-order chi connectivity index (χ0) is 23.8. The van der Waals surface area contributed by atoms with Crippen LogP contribution < -0.4 is 26.6 Å². The lowest BCUT2D eigenvalue weighted by atomic mass is 10.1. The number of ether oxygens (including phenoxy) is 2. The van der Waals surface area contributed by atoms with E-state index in [4.69, 9.17) is 15.2 Å². The quantitative estimate of drug-likeness (QED) is 0.434. The molecule has 0 saturated carbocycles. The molecule has 0 fully saturated rings. The number of methoxy groups -OCH3 is 1. The number of benzene rings is 2. The molecule has 3 aromatic rings. The minimum Gasteiger partial charge on any atom is -0.491 e. The van der Waals surface area contributed by atoms with Crippen molar-refractivity contribution in [2.24, 2.45) is 0 Å². The Morgan fingerprint density at radius 3 is 2.48 bits per heavy atom. The van der Waals surface area contributed by atoms with Gasteiger partial charge in [0.2, 0.25) is 0 Å². The van der Waals surface area contributed by atoms with E-state index in [1.165, 1.54) is 4.57 Å². The summed E-state index contributed by atoms with van der Waals surface area (Å²) in [5.41, 5.74) is 7.54. The molecule has 3 N–H and O–H groups in total. The van der Waals surface area contributed by atoms with Gasteiger partial charge >= 0.3 is 5.69 Å². The third kappa shape index (κ3) is 6.49. The number of rotatable bonds is 11. The SMILES string of the molecule is COCCCN(Cc1cccc(OC(C)C)c1)c1c(N)n(Cc2ccccc2)c(=O)[nH]c1=O. The van der Waals surface area contributed by atoms with Crippen molar-refractivity contribution in [1.82, 2.24) is 9.55 Å². The fourth-order valence-electron chi connectivity index (χ4n) is 3.69. The number of aromatic amines is 1. The van der Waals surface area contributed by atoms with Crippen molar-refractivity contribution in [3.63, 3.8) is 0 Å². The first-order valence-corrected chi connectivity index (χ1v) is 11.0. The van der Waals surface area contributed by atoms with Crippen molar-refractivity contribution >= 4 is 11.5 Å². The molecule has 0 amide bonds. The standard InChI is InChI=1S/C25H32N4O4/c1-18(2)33-21-12-7-11-20(15-21)16-28(13-8-14-32-3)22-23(26)29(25(31)27-24(22)30)17-19-9-5-4-6-10-19/h4-7,9-12,15,18H,8,13-14,16-17,26H2,1-3H3,(H,27,30,31). The van der Waals surface area contributed by atoms with Gasteiger partial charge in [0.1, 0.15) is 17.3 Å². The van der Waals surface area contributed by atoms with Crippen LogP contribution in [0, 0.1) is 0 Å². The van der Waals surface area contributed by atoms with E-state index < -0.39 is 11.2 Å². The number of H-pyrrole nitrogens is 1. The van der Waals surface area contributed by atoms with E-state index in [0.29, 0.717) is 26.1 Å². The summed E-state index contributed by atoms with van der Waals surface area (Å²) >= 11 is 0. The molecule has 8 nitrogen and oxygen atoms in total. The molecular formula is C25H32N4O4. The van der Waals surface area contributed by atoms with Crippen molar-refractivity contribution in [3.05, 3.63) is 86.6 Å². The molecule has 0 radical (unpaired) electrons. The molecule has 0 atom stereocenters. The van der Waals surface area contributed by atoms with Gasteiger partial charge in [0.15, 0.2) is 0 Å². The Balaban J connectivity index is 1.99. The van der Waals surface area contributed by atoms with Gasteiger partial charge in [-0.3, -0.25) is 14.3 Å². The van der Waals surface area contributed by atoms with Gasteiger partial charge < -0.3 is 20.1 Å². The Morgan fingerprint density at radius 2 is 1.79 bits per heavy atom. The molecule has 0 unspecified atom stereocenters. The van der Waals surface area contributed by atoms with E-state index in [0.717, 1.165) is 16.9 Å². The van der Waals surface area contributed by atoms with Crippen LogP contribution in [0.4, 0.5) is 11.5 Å². The highest BCUT2D eigenvalue weighted by Crippen LogP contribution is 2.22. The summed E-state index contributed by atoms with van der Waals surface area (Å²) in [6, 6.07) is 17.3. The maximum atomic E-state index is 12.9. The van der Waals surface area contributed by atoms with Crippen molar-refractivity contribution in [2.75, 3.05) is 30.9 Å². The number of nitrogen functional groups attached to an aromatic ring is 1. The fraction of sp³-hybridized carbons (Fsp3) is 0.360. The summed E-state index contributed by atoms with van der Waals surface area (Å²) in [5, 5.41) is 0. The maximum Gasteiger partial charge on any atom is 0.330 e. The molecule has 176 valence electrons. The van der Waals surface area contributed by atoms with E-state index in [1.807, 2.05) is 73.3 Å². The zero-order valence-corrected chi connectivity index (χ0v) is 19.4. The van der Waals surface area contributed by atoms with Crippen molar-refractivity contribution in [3.8, 4) is 5.75 Å². The Hall–Kier alpha value is -3.52. The van der Waals surface area contributed by atoms with Gasteiger partial charge in [-0.15, -0.1) is 0 Å². The summed E-state index contributed by atoms with van der Waals surface area (Å²) in [4.78, 5) is 29.8. The van der Waals surface area contributed by atoms with E-state index >= 15 is 0 Å². The van der Waals surface area contributed by atoms with Gasteiger partial charge in [-0.25, -0.2) is 4.79 Å². The molecule has 0 aliphatic rings. The minimum absolute atomic E-state index is 0.0538. The number of aromatic nitrogens is 2. The van der Waals surface area contributed by atoms with Gasteiger partial charge in [0, 0.05) is 26.8 Å². The van der Waals surface area contributed by atoms with Crippen molar-refractivity contribution < 1.29 is 9.47 Å². The molecule has 2 aromatic carbocycles. The Bertz CT molecular complexity index is 1160. The molecule has 0 spiro atoms. The molecule has 0 bridgehead atoms. The lowest BCUT2D eigenvalue weighted by Crippen LogP contribution is -2.39. The molecule has 1 aromatic heterocycles. The molecule has 0 saturated heterocycles. The molecule has 3 rings (SSSR count). The van der Waals surface area contributed by atoms with E-state index in [9.17, 15) is 9.59 Å². The third-order valence-electron chi connectivity index (χ3n) is 5.13. The summed E-state index contributed by atoms with van der Waals surface area (Å²) in [7, 11) is 1.64. The number of nitrogens with zero attached hydrogens (tertiary/aromatic N) is 2. The van der Waals surface area contributed by atoms with E-state index in [-0.39, 0.29) is 24.2 Å². The normalized spacial score (nSPS) is 11.0. The van der Waals surface area contributed by atoms with E-state index in [1.54, 1.807) is 7.11 Å². The minimum atomic E-state index is -0.533. The van der Waals surface area contributed by atoms with Crippen LogP contribution in [-0.4, -0.2) is 35.9 Å². The van der Waals surface area contributed by atoms with Gasteiger partial charge in [0.25, 0.3) is 5.56 Å². The molecule has 0 aliphatic carbocycles. The van der Waals surface area contributed by atoms with Crippen LogP contribution in [0.2, 0.25) is 0 Å². The van der Waals surface area contributed by atoms with Crippen LogP contribution in [0.5, 0.6) is 5.75 Å². The molecule has 33 heavy (non-hydrogen) atoms. The van der Waals surface area contributed by atoms with E-state index in [2.05, 4.69) is 4.98 Å². The van der Waals surface area contributed by atoms with Gasteiger partial charge in [-0.1, -0.05) is 42.5 Å². The largest absolute Gasteiger partial charge is 0.491 e. The number of hydrogen-bond donors (Lipinski definition) is 2. The second-order valence-corrected chi connectivity index (χ2v) is 8.15. The summed E-state index contributed by atoms with van der Waals surface area (Å²) in [5.74, 6) is 0.898. The monoisotopic (exact) mass is 452 g/mol. The number of nitrogens with one attached hydrogen (secondary N) is 1.